The predicted octanol–water partition coefficient (Wildman–Crippen LogP) is 3.18. The lowest BCUT2D eigenvalue weighted by molar-refractivity contribution is -0.117. The van der Waals surface area contributed by atoms with Crippen LogP contribution >= 0.6 is 11.3 Å². The van der Waals surface area contributed by atoms with E-state index in [1.165, 1.54) is 4.88 Å². The molecule has 108 valence electrons. The molecule has 6 nitrogen and oxygen atoms in total. The van der Waals surface area contributed by atoms with Gasteiger partial charge in [-0.1, -0.05) is 0 Å². The van der Waals surface area contributed by atoms with Gasteiger partial charge in [0.2, 0.25) is 11.9 Å². The molecule has 0 saturated heterocycles. The highest BCUT2D eigenvalue weighted by atomic mass is 32.1. The zero-order valence-electron chi connectivity index (χ0n) is 11.6. The highest BCUT2D eigenvalue weighted by Gasteiger charge is 2.18. The normalized spacial score (nSPS) is 12.3. The van der Waals surface area contributed by atoms with Crippen LogP contribution in [0.3, 0.4) is 0 Å². The molecule has 3 aromatic rings. The maximum absolute atomic E-state index is 12.2. The first-order valence-corrected chi connectivity index (χ1v) is 7.27. The summed E-state index contributed by atoms with van der Waals surface area (Å²) in [6.45, 7) is 3.88. The fourth-order valence-corrected chi connectivity index (χ4v) is 2.81. The number of aryl methyl sites for hydroxylation is 1. The van der Waals surface area contributed by atoms with E-state index in [1.54, 1.807) is 29.9 Å². The number of H-pyrrole nitrogens is 1. The van der Waals surface area contributed by atoms with Gasteiger partial charge in [0.15, 0.2) is 5.82 Å². The molecule has 3 rings (SSSR count). The summed E-state index contributed by atoms with van der Waals surface area (Å²) in [5.74, 6) is 0.448. The van der Waals surface area contributed by atoms with Gasteiger partial charge in [0.1, 0.15) is 6.26 Å². The maximum atomic E-state index is 12.2. The largest absolute Gasteiger partial charge is 0.472 e. The Balaban J connectivity index is 1.70. The van der Waals surface area contributed by atoms with Gasteiger partial charge < -0.3 is 4.42 Å². The van der Waals surface area contributed by atoms with E-state index < -0.39 is 0 Å². The molecule has 0 bridgehead atoms. The Labute approximate surface area is 125 Å². The van der Waals surface area contributed by atoms with Gasteiger partial charge in [-0.3, -0.25) is 15.2 Å². The number of aromatic nitrogens is 3. The van der Waals surface area contributed by atoms with Gasteiger partial charge in [-0.25, -0.2) is 0 Å². The number of thiophene rings is 1. The van der Waals surface area contributed by atoms with Gasteiger partial charge in [0, 0.05) is 9.75 Å². The number of furan rings is 1. The number of hydrogen-bond donors (Lipinski definition) is 2. The number of rotatable bonds is 4. The number of hydrogen-bond acceptors (Lipinski definition) is 5. The van der Waals surface area contributed by atoms with E-state index >= 15 is 0 Å². The first-order chi connectivity index (χ1) is 10.1. The molecule has 0 aromatic carbocycles. The van der Waals surface area contributed by atoms with Crippen LogP contribution in [0.25, 0.3) is 11.4 Å². The van der Waals surface area contributed by atoms with E-state index in [0.717, 1.165) is 10.4 Å². The Morgan fingerprint density at radius 2 is 2.29 bits per heavy atom. The van der Waals surface area contributed by atoms with Crippen LogP contribution in [0.4, 0.5) is 5.95 Å². The number of carbonyl (C=O) groups is 1. The van der Waals surface area contributed by atoms with Crippen molar-refractivity contribution in [1.82, 2.24) is 15.2 Å². The molecule has 3 aromatic heterocycles. The number of aromatic amines is 1. The highest BCUT2D eigenvalue weighted by molar-refractivity contribution is 7.12. The van der Waals surface area contributed by atoms with Crippen molar-refractivity contribution in [2.45, 2.75) is 19.8 Å². The summed E-state index contributed by atoms with van der Waals surface area (Å²) < 4.78 is 4.98. The van der Waals surface area contributed by atoms with Crippen LogP contribution in [-0.2, 0) is 4.79 Å². The van der Waals surface area contributed by atoms with E-state index in [2.05, 4.69) is 20.5 Å². The summed E-state index contributed by atoms with van der Waals surface area (Å²) in [5, 5.41) is 9.47. The minimum Gasteiger partial charge on any atom is -0.472 e. The van der Waals surface area contributed by atoms with E-state index in [-0.39, 0.29) is 17.8 Å². The van der Waals surface area contributed by atoms with Crippen LogP contribution in [-0.4, -0.2) is 21.1 Å². The van der Waals surface area contributed by atoms with Crippen molar-refractivity contribution in [1.29, 1.82) is 0 Å². The van der Waals surface area contributed by atoms with Crippen molar-refractivity contribution in [2.24, 2.45) is 0 Å². The van der Waals surface area contributed by atoms with Crippen LogP contribution in [0.15, 0.2) is 35.1 Å². The van der Waals surface area contributed by atoms with Crippen molar-refractivity contribution in [3.05, 3.63) is 40.5 Å². The van der Waals surface area contributed by atoms with Crippen molar-refractivity contribution in [3.8, 4) is 11.4 Å². The summed E-state index contributed by atoms with van der Waals surface area (Å²) >= 11 is 1.62. The fourth-order valence-electron chi connectivity index (χ4n) is 1.88. The number of anilines is 1. The molecule has 0 fully saturated rings. The summed E-state index contributed by atoms with van der Waals surface area (Å²) in [7, 11) is 0. The standard InChI is InChI=1S/C14H14N4O2S/c1-8-3-4-11(21-8)9(2)13(19)16-14-15-12(17-18-14)10-5-6-20-7-10/h3-7,9H,1-2H3,(H2,15,16,17,18,19)/t9-/m0/s1. The first kappa shape index (κ1) is 13.6. The Hall–Kier alpha value is -2.41. The second-order valence-electron chi connectivity index (χ2n) is 4.68. The number of amides is 1. The lowest BCUT2D eigenvalue weighted by atomic mass is 10.1. The van der Waals surface area contributed by atoms with Crippen LogP contribution in [0.2, 0.25) is 0 Å². The molecule has 0 saturated carbocycles. The fraction of sp³-hybridized carbons (Fsp3) is 0.214. The third-order valence-electron chi connectivity index (χ3n) is 3.10. The molecule has 0 radical (unpaired) electrons. The van der Waals surface area contributed by atoms with Gasteiger partial charge in [0.05, 0.1) is 17.7 Å². The average Bonchev–Trinajstić information content (AvgIpc) is 3.17. The van der Waals surface area contributed by atoms with Gasteiger partial charge in [-0.15, -0.1) is 16.4 Å². The lowest BCUT2D eigenvalue weighted by Crippen LogP contribution is -2.18. The van der Waals surface area contributed by atoms with E-state index in [0.29, 0.717) is 5.82 Å². The Bertz CT molecular complexity index is 745. The number of carbonyl (C=O) groups excluding carboxylic acids is 1. The third-order valence-corrected chi connectivity index (χ3v) is 4.28. The van der Waals surface area contributed by atoms with E-state index in [4.69, 9.17) is 4.42 Å². The van der Waals surface area contributed by atoms with E-state index in [1.807, 2.05) is 26.0 Å². The van der Waals surface area contributed by atoms with Crippen LogP contribution in [0.5, 0.6) is 0 Å². The third kappa shape index (κ3) is 2.87. The van der Waals surface area contributed by atoms with Gasteiger partial charge in [-0.05, 0) is 32.0 Å². The molecule has 0 aliphatic carbocycles. The molecule has 0 spiro atoms. The van der Waals surface area contributed by atoms with Crippen molar-refractivity contribution < 1.29 is 9.21 Å². The topological polar surface area (TPSA) is 83.8 Å². The summed E-state index contributed by atoms with van der Waals surface area (Å²) in [5.41, 5.74) is 0.782. The summed E-state index contributed by atoms with van der Waals surface area (Å²) in [4.78, 5) is 18.6. The van der Waals surface area contributed by atoms with Crippen molar-refractivity contribution >= 4 is 23.2 Å². The molecule has 0 aliphatic rings. The molecule has 3 heterocycles. The minimum absolute atomic E-state index is 0.130. The van der Waals surface area contributed by atoms with Gasteiger partial charge >= 0.3 is 0 Å². The molecule has 0 aliphatic heterocycles. The molecule has 2 N–H and O–H groups in total. The zero-order chi connectivity index (χ0) is 14.8. The molecule has 0 unspecified atom stereocenters. The van der Waals surface area contributed by atoms with Crippen molar-refractivity contribution in [3.63, 3.8) is 0 Å². The van der Waals surface area contributed by atoms with Crippen LogP contribution in [0.1, 0.15) is 22.6 Å². The lowest BCUT2D eigenvalue weighted by Gasteiger charge is -2.07. The Kier molecular flexibility index (Phi) is 3.57. The second kappa shape index (κ2) is 5.53. The molecular weight excluding hydrogens is 288 g/mol. The number of nitrogens with zero attached hydrogens (tertiary/aromatic N) is 2. The van der Waals surface area contributed by atoms with Gasteiger partial charge in [0.25, 0.3) is 0 Å². The Morgan fingerprint density at radius 1 is 1.43 bits per heavy atom. The average molecular weight is 302 g/mol. The maximum Gasteiger partial charge on any atom is 0.249 e. The van der Waals surface area contributed by atoms with Crippen molar-refractivity contribution in [2.75, 3.05) is 5.32 Å². The van der Waals surface area contributed by atoms with E-state index in [9.17, 15) is 4.79 Å². The quantitative estimate of drug-likeness (QED) is 0.775. The molecule has 7 heteroatoms. The second-order valence-corrected chi connectivity index (χ2v) is 6.00. The zero-order valence-corrected chi connectivity index (χ0v) is 12.4. The minimum atomic E-state index is -0.237. The van der Waals surface area contributed by atoms with Crippen LogP contribution < -0.4 is 5.32 Å². The molecular formula is C14H14N4O2S. The molecule has 1 amide bonds. The predicted molar refractivity (Wildman–Crippen MR) is 80.2 cm³/mol. The molecule has 21 heavy (non-hydrogen) atoms. The first-order valence-electron chi connectivity index (χ1n) is 6.45. The SMILES string of the molecule is Cc1ccc([C@H](C)C(=O)Nc2n[nH]c(-c3ccoc3)n2)s1. The summed E-state index contributed by atoms with van der Waals surface area (Å²) in [6, 6.07) is 5.75. The van der Waals surface area contributed by atoms with Gasteiger partial charge in [-0.2, -0.15) is 4.98 Å². The van der Waals surface area contributed by atoms with Crippen LogP contribution in [0, 0.1) is 6.92 Å². The highest BCUT2D eigenvalue weighted by Crippen LogP contribution is 2.25. The smallest absolute Gasteiger partial charge is 0.249 e. The number of nitrogens with one attached hydrogen (secondary N) is 2. The monoisotopic (exact) mass is 302 g/mol. The Morgan fingerprint density at radius 3 is 2.95 bits per heavy atom. The summed E-state index contributed by atoms with van der Waals surface area (Å²) in [6.07, 6.45) is 3.11. The molecule has 1 atom stereocenters.